The van der Waals surface area contributed by atoms with Crippen LogP contribution in [0.1, 0.15) is 25.7 Å². The van der Waals surface area contributed by atoms with Gasteiger partial charge in [-0.05, 0) is 31.6 Å². The molecule has 0 aromatic heterocycles. The standard InChI is InChI=1S/C8H13NO2/c10-5-7-1-3-8(4-2-7)9-6-11/h6-7,10H,1-5H2. The summed E-state index contributed by atoms with van der Waals surface area (Å²) in [5.74, 6) is 0.431. The summed E-state index contributed by atoms with van der Waals surface area (Å²) in [6.07, 6.45) is 4.31. The van der Waals surface area contributed by atoms with Crippen LogP contribution in [-0.2, 0) is 4.79 Å². The Balaban J connectivity index is 2.35. The zero-order valence-corrected chi connectivity index (χ0v) is 6.49. The lowest BCUT2D eigenvalue weighted by molar-refractivity contribution is -0.106. The topological polar surface area (TPSA) is 49.7 Å². The van der Waals surface area contributed by atoms with Gasteiger partial charge in [0, 0.05) is 12.3 Å². The molecule has 1 aliphatic carbocycles. The van der Waals surface area contributed by atoms with Crippen LogP contribution in [0.3, 0.4) is 0 Å². The van der Waals surface area contributed by atoms with E-state index in [1.54, 1.807) is 0 Å². The third-order valence-corrected chi connectivity index (χ3v) is 2.18. The van der Waals surface area contributed by atoms with Crippen LogP contribution in [0.2, 0.25) is 0 Å². The SMILES string of the molecule is O=CN=C1CCC(CO)CC1. The van der Waals surface area contributed by atoms with Crippen LogP contribution < -0.4 is 0 Å². The van der Waals surface area contributed by atoms with E-state index >= 15 is 0 Å². The fourth-order valence-electron chi connectivity index (χ4n) is 1.40. The number of carbonyl (C=O) groups is 1. The second-order valence-electron chi connectivity index (χ2n) is 2.93. The number of hydrogen-bond acceptors (Lipinski definition) is 2. The van der Waals surface area contributed by atoms with Gasteiger partial charge in [0.1, 0.15) is 0 Å². The maximum Gasteiger partial charge on any atom is 0.232 e. The third-order valence-electron chi connectivity index (χ3n) is 2.18. The van der Waals surface area contributed by atoms with Gasteiger partial charge in [-0.3, -0.25) is 4.79 Å². The van der Waals surface area contributed by atoms with Crippen LogP contribution in [0.15, 0.2) is 4.99 Å². The number of hydrogen-bond donors (Lipinski definition) is 1. The Hall–Kier alpha value is -0.700. The average Bonchev–Trinajstić information content (AvgIpc) is 2.07. The molecular weight excluding hydrogens is 142 g/mol. The molecule has 62 valence electrons. The monoisotopic (exact) mass is 155 g/mol. The van der Waals surface area contributed by atoms with Crippen LogP contribution in [0.4, 0.5) is 0 Å². The minimum Gasteiger partial charge on any atom is -0.396 e. The molecule has 0 radical (unpaired) electrons. The molecule has 0 spiro atoms. The maximum absolute atomic E-state index is 9.99. The predicted octanol–water partition coefficient (Wildman–Crippen LogP) is 0.766. The van der Waals surface area contributed by atoms with E-state index in [1.807, 2.05) is 0 Å². The van der Waals surface area contributed by atoms with Gasteiger partial charge >= 0.3 is 0 Å². The van der Waals surface area contributed by atoms with Crippen LogP contribution >= 0.6 is 0 Å². The first kappa shape index (κ1) is 8.40. The lowest BCUT2D eigenvalue weighted by Crippen LogP contribution is -2.16. The maximum atomic E-state index is 9.99. The third kappa shape index (κ3) is 2.42. The van der Waals surface area contributed by atoms with Crippen molar-refractivity contribution in [2.75, 3.05) is 6.61 Å². The molecule has 0 aliphatic heterocycles. The summed E-state index contributed by atoms with van der Waals surface area (Å²) in [5.41, 5.74) is 0.990. The number of aliphatic hydroxyl groups is 1. The van der Waals surface area contributed by atoms with Gasteiger partial charge in [0.25, 0.3) is 0 Å². The first-order valence-electron chi connectivity index (χ1n) is 3.97. The lowest BCUT2D eigenvalue weighted by Gasteiger charge is -2.19. The van der Waals surface area contributed by atoms with E-state index in [9.17, 15) is 4.79 Å². The van der Waals surface area contributed by atoms with Crippen molar-refractivity contribution in [3.63, 3.8) is 0 Å². The van der Waals surface area contributed by atoms with Crippen LogP contribution in [0, 0.1) is 5.92 Å². The van der Waals surface area contributed by atoms with E-state index in [1.165, 1.54) is 0 Å². The molecule has 1 saturated carbocycles. The minimum atomic E-state index is 0.272. The van der Waals surface area contributed by atoms with Crippen molar-refractivity contribution in [2.45, 2.75) is 25.7 Å². The van der Waals surface area contributed by atoms with Crippen LogP contribution in [-0.4, -0.2) is 23.8 Å². The predicted molar refractivity (Wildman–Crippen MR) is 42.5 cm³/mol. The van der Waals surface area contributed by atoms with Crippen molar-refractivity contribution < 1.29 is 9.90 Å². The van der Waals surface area contributed by atoms with Gasteiger partial charge in [-0.2, -0.15) is 0 Å². The van der Waals surface area contributed by atoms with Gasteiger partial charge in [0.05, 0.1) is 0 Å². The van der Waals surface area contributed by atoms with E-state index in [0.29, 0.717) is 12.3 Å². The number of nitrogens with zero attached hydrogens (tertiary/aromatic N) is 1. The highest BCUT2D eigenvalue weighted by Crippen LogP contribution is 2.21. The summed E-state index contributed by atoms with van der Waals surface area (Å²) >= 11 is 0. The molecule has 0 aromatic carbocycles. The van der Waals surface area contributed by atoms with Gasteiger partial charge in [-0.15, -0.1) is 0 Å². The molecule has 0 atom stereocenters. The van der Waals surface area contributed by atoms with Crippen molar-refractivity contribution in [1.29, 1.82) is 0 Å². The number of aliphatic imine (C=N–C) groups is 1. The highest BCUT2D eigenvalue weighted by Gasteiger charge is 2.15. The van der Waals surface area contributed by atoms with Crippen molar-refractivity contribution in [3.05, 3.63) is 0 Å². The minimum absolute atomic E-state index is 0.272. The summed E-state index contributed by atoms with van der Waals surface area (Å²) < 4.78 is 0. The lowest BCUT2D eigenvalue weighted by atomic mass is 9.88. The van der Waals surface area contributed by atoms with Gasteiger partial charge in [0.2, 0.25) is 6.41 Å². The zero-order valence-electron chi connectivity index (χ0n) is 6.49. The molecule has 3 heteroatoms. The first-order valence-corrected chi connectivity index (χ1v) is 3.97. The summed E-state index contributed by atoms with van der Waals surface area (Å²) in [6.45, 7) is 0.272. The molecule has 0 unspecified atom stereocenters. The normalized spacial score (nSPS) is 24.8. The molecule has 0 aromatic rings. The Morgan fingerprint density at radius 3 is 2.64 bits per heavy atom. The Kier molecular flexibility index (Phi) is 3.23. The smallest absolute Gasteiger partial charge is 0.232 e. The largest absolute Gasteiger partial charge is 0.396 e. The van der Waals surface area contributed by atoms with E-state index < -0.39 is 0 Å². The molecule has 0 heterocycles. The molecule has 0 saturated heterocycles. The molecule has 0 bridgehead atoms. The fourth-order valence-corrected chi connectivity index (χ4v) is 1.40. The van der Waals surface area contributed by atoms with Crippen LogP contribution in [0.25, 0.3) is 0 Å². The Labute approximate surface area is 66.1 Å². The van der Waals surface area contributed by atoms with E-state index in [4.69, 9.17) is 5.11 Å². The van der Waals surface area contributed by atoms with Gasteiger partial charge in [-0.25, -0.2) is 4.99 Å². The van der Waals surface area contributed by atoms with Crippen LogP contribution in [0.5, 0.6) is 0 Å². The number of amides is 1. The first-order chi connectivity index (χ1) is 5.36. The Morgan fingerprint density at radius 2 is 2.18 bits per heavy atom. The molecule has 3 nitrogen and oxygen atoms in total. The number of rotatable bonds is 2. The van der Waals surface area contributed by atoms with E-state index in [0.717, 1.165) is 31.4 Å². The van der Waals surface area contributed by atoms with Crippen molar-refractivity contribution in [2.24, 2.45) is 10.9 Å². The molecule has 1 fully saturated rings. The number of aliphatic hydroxyl groups excluding tert-OH is 1. The van der Waals surface area contributed by atoms with Crippen molar-refractivity contribution in [1.82, 2.24) is 0 Å². The molecule has 1 amide bonds. The Bertz CT molecular complexity index is 155. The highest BCUT2D eigenvalue weighted by molar-refractivity contribution is 5.90. The molecule has 1 rings (SSSR count). The second kappa shape index (κ2) is 4.23. The molecule has 1 N–H and O–H groups in total. The molecule has 1 aliphatic rings. The average molecular weight is 155 g/mol. The van der Waals surface area contributed by atoms with Gasteiger partial charge in [0.15, 0.2) is 0 Å². The van der Waals surface area contributed by atoms with Crippen molar-refractivity contribution in [3.8, 4) is 0 Å². The van der Waals surface area contributed by atoms with Gasteiger partial charge < -0.3 is 5.11 Å². The summed E-state index contributed by atoms with van der Waals surface area (Å²) in [6, 6.07) is 0. The summed E-state index contributed by atoms with van der Waals surface area (Å²) in [5, 5.41) is 8.80. The molecule has 11 heavy (non-hydrogen) atoms. The van der Waals surface area contributed by atoms with Crippen molar-refractivity contribution >= 4 is 12.1 Å². The Morgan fingerprint density at radius 1 is 1.55 bits per heavy atom. The van der Waals surface area contributed by atoms with E-state index in [-0.39, 0.29) is 6.61 Å². The quantitative estimate of drug-likeness (QED) is 0.599. The van der Waals surface area contributed by atoms with Gasteiger partial charge in [-0.1, -0.05) is 0 Å². The fraction of sp³-hybridized carbons (Fsp3) is 0.750. The summed E-state index contributed by atoms with van der Waals surface area (Å²) in [7, 11) is 0. The van der Waals surface area contributed by atoms with E-state index in [2.05, 4.69) is 4.99 Å². The zero-order chi connectivity index (χ0) is 8.10. The molecular formula is C8H13NO2. The second-order valence-corrected chi connectivity index (χ2v) is 2.93. The summed E-state index contributed by atoms with van der Waals surface area (Å²) in [4.78, 5) is 13.7. The highest BCUT2D eigenvalue weighted by atomic mass is 16.3. The number of carbonyl (C=O) groups excluding carboxylic acids is 1.